The summed E-state index contributed by atoms with van der Waals surface area (Å²) in [6.45, 7) is 1.96. The van der Waals surface area contributed by atoms with Crippen LogP contribution in [0.15, 0.2) is 35.6 Å². The maximum atomic E-state index is 10.7. The molecule has 0 aliphatic carbocycles. The zero-order chi connectivity index (χ0) is 14.7. The number of benzene rings is 1. The van der Waals surface area contributed by atoms with Gasteiger partial charge in [0.1, 0.15) is 0 Å². The molecule has 0 amide bonds. The zero-order valence-electron chi connectivity index (χ0n) is 11.7. The molecule has 0 aliphatic heterocycles. The summed E-state index contributed by atoms with van der Waals surface area (Å²) in [7, 11) is 3.98. The fourth-order valence-corrected chi connectivity index (χ4v) is 2.62. The number of nitrogens with zero attached hydrogens (tertiary/aromatic N) is 3. The number of imidazole rings is 1. The van der Waals surface area contributed by atoms with E-state index < -0.39 is 5.97 Å². The number of anilines is 1. The van der Waals surface area contributed by atoms with E-state index in [-0.39, 0.29) is 5.75 Å². The second-order valence-electron chi connectivity index (χ2n) is 4.61. The van der Waals surface area contributed by atoms with Crippen molar-refractivity contribution in [3.05, 3.63) is 36.2 Å². The van der Waals surface area contributed by atoms with Gasteiger partial charge in [-0.1, -0.05) is 11.8 Å². The Morgan fingerprint density at radius 1 is 1.35 bits per heavy atom. The third kappa shape index (κ3) is 3.14. The maximum Gasteiger partial charge on any atom is 0.313 e. The van der Waals surface area contributed by atoms with Crippen molar-refractivity contribution in [1.29, 1.82) is 0 Å². The van der Waals surface area contributed by atoms with E-state index in [0.29, 0.717) is 5.16 Å². The molecule has 1 aromatic carbocycles. The number of thioether (sulfide) groups is 1. The lowest BCUT2D eigenvalue weighted by atomic mass is 10.2. The standard InChI is InChI=1S/C14H17N3O2S/c1-10-8-15-14(20-9-13(18)19)17(10)12-6-4-11(5-7-12)16(2)3/h4-8H,9H2,1-3H3,(H,18,19). The van der Waals surface area contributed by atoms with E-state index in [2.05, 4.69) is 4.98 Å². The number of aliphatic carboxylic acids is 1. The predicted octanol–water partition coefficient (Wildman–Crippen LogP) is 2.42. The highest BCUT2D eigenvalue weighted by molar-refractivity contribution is 7.99. The largest absolute Gasteiger partial charge is 0.481 e. The van der Waals surface area contributed by atoms with Gasteiger partial charge in [0.25, 0.3) is 0 Å². The fourth-order valence-electron chi connectivity index (χ4n) is 1.86. The Balaban J connectivity index is 2.31. The van der Waals surface area contributed by atoms with Crippen LogP contribution >= 0.6 is 11.8 Å². The Labute approximate surface area is 122 Å². The lowest BCUT2D eigenvalue weighted by Crippen LogP contribution is -2.08. The van der Waals surface area contributed by atoms with Gasteiger partial charge in [0, 0.05) is 37.4 Å². The van der Waals surface area contributed by atoms with Gasteiger partial charge in [-0.3, -0.25) is 9.36 Å². The van der Waals surface area contributed by atoms with Gasteiger partial charge in [0.2, 0.25) is 0 Å². The molecular formula is C14H17N3O2S. The Morgan fingerprint density at radius 2 is 2.00 bits per heavy atom. The Hall–Kier alpha value is -1.95. The van der Waals surface area contributed by atoms with Gasteiger partial charge < -0.3 is 10.0 Å². The molecule has 1 aromatic heterocycles. The van der Waals surface area contributed by atoms with E-state index in [9.17, 15) is 4.79 Å². The summed E-state index contributed by atoms with van der Waals surface area (Å²) >= 11 is 1.22. The smallest absolute Gasteiger partial charge is 0.313 e. The number of carboxylic acids is 1. The molecule has 0 atom stereocenters. The highest BCUT2D eigenvalue weighted by Crippen LogP contribution is 2.24. The summed E-state index contributed by atoms with van der Waals surface area (Å²) in [5.41, 5.74) is 3.08. The summed E-state index contributed by atoms with van der Waals surface area (Å²) in [6.07, 6.45) is 1.75. The Morgan fingerprint density at radius 3 is 2.55 bits per heavy atom. The summed E-state index contributed by atoms with van der Waals surface area (Å²) in [6, 6.07) is 8.07. The van der Waals surface area contributed by atoms with Crippen LogP contribution in [0.4, 0.5) is 5.69 Å². The molecule has 0 unspecified atom stereocenters. The highest BCUT2D eigenvalue weighted by atomic mass is 32.2. The summed E-state index contributed by atoms with van der Waals surface area (Å²) < 4.78 is 1.97. The van der Waals surface area contributed by atoms with E-state index >= 15 is 0 Å². The number of hydrogen-bond acceptors (Lipinski definition) is 4. The molecule has 0 bridgehead atoms. The molecule has 0 aliphatic rings. The summed E-state index contributed by atoms with van der Waals surface area (Å²) in [5.74, 6) is -0.836. The molecule has 0 radical (unpaired) electrons. The molecule has 0 spiro atoms. The normalized spacial score (nSPS) is 10.6. The van der Waals surface area contributed by atoms with Gasteiger partial charge >= 0.3 is 5.97 Å². The first-order valence-electron chi connectivity index (χ1n) is 6.15. The number of rotatable bonds is 5. The molecule has 0 fully saturated rings. The molecule has 20 heavy (non-hydrogen) atoms. The Bertz CT molecular complexity index is 605. The van der Waals surface area contributed by atoms with Crippen molar-refractivity contribution < 1.29 is 9.90 Å². The fraction of sp³-hybridized carbons (Fsp3) is 0.286. The molecule has 2 aromatic rings. The second-order valence-corrected chi connectivity index (χ2v) is 5.55. The first-order chi connectivity index (χ1) is 9.49. The van der Waals surface area contributed by atoms with Gasteiger partial charge in [-0.15, -0.1) is 0 Å². The second kappa shape index (κ2) is 6.00. The lowest BCUT2D eigenvalue weighted by molar-refractivity contribution is -0.133. The zero-order valence-corrected chi connectivity index (χ0v) is 12.5. The van der Waals surface area contributed by atoms with Crippen LogP contribution in [0.2, 0.25) is 0 Å². The van der Waals surface area contributed by atoms with E-state index in [1.807, 2.05) is 54.8 Å². The molecule has 0 saturated heterocycles. The minimum Gasteiger partial charge on any atom is -0.481 e. The molecule has 5 nitrogen and oxygen atoms in total. The van der Waals surface area contributed by atoms with Crippen LogP contribution in [0, 0.1) is 6.92 Å². The maximum absolute atomic E-state index is 10.7. The molecular weight excluding hydrogens is 274 g/mol. The third-order valence-corrected chi connectivity index (χ3v) is 3.79. The third-order valence-electron chi connectivity index (χ3n) is 2.85. The van der Waals surface area contributed by atoms with E-state index in [1.165, 1.54) is 11.8 Å². The van der Waals surface area contributed by atoms with E-state index in [1.54, 1.807) is 6.20 Å². The van der Waals surface area contributed by atoms with Gasteiger partial charge in [-0.05, 0) is 31.2 Å². The number of aryl methyl sites for hydroxylation is 1. The van der Waals surface area contributed by atoms with Crippen molar-refractivity contribution in [2.75, 3.05) is 24.7 Å². The lowest BCUT2D eigenvalue weighted by Gasteiger charge is -2.14. The molecule has 2 rings (SSSR count). The molecule has 6 heteroatoms. The van der Waals surface area contributed by atoms with Crippen LogP contribution in [0.5, 0.6) is 0 Å². The van der Waals surface area contributed by atoms with Crippen LogP contribution in [0.1, 0.15) is 5.69 Å². The minimum absolute atomic E-state index is 0.00619. The van der Waals surface area contributed by atoms with E-state index in [0.717, 1.165) is 17.1 Å². The van der Waals surface area contributed by atoms with E-state index in [4.69, 9.17) is 5.11 Å². The molecule has 0 saturated carbocycles. The summed E-state index contributed by atoms with van der Waals surface area (Å²) in [4.78, 5) is 17.0. The number of carbonyl (C=O) groups is 1. The quantitative estimate of drug-likeness (QED) is 0.857. The summed E-state index contributed by atoms with van der Waals surface area (Å²) in [5, 5.41) is 9.47. The first kappa shape index (κ1) is 14.5. The average Bonchev–Trinajstić information content (AvgIpc) is 2.77. The topological polar surface area (TPSA) is 58.4 Å². The van der Waals surface area contributed by atoms with Crippen LogP contribution in [0.3, 0.4) is 0 Å². The van der Waals surface area contributed by atoms with Crippen molar-refractivity contribution in [1.82, 2.24) is 9.55 Å². The van der Waals surface area contributed by atoms with Crippen LogP contribution < -0.4 is 4.90 Å². The van der Waals surface area contributed by atoms with Crippen LogP contribution in [0.25, 0.3) is 5.69 Å². The van der Waals surface area contributed by atoms with Gasteiger partial charge in [-0.25, -0.2) is 4.98 Å². The average molecular weight is 291 g/mol. The highest BCUT2D eigenvalue weighted by Gasteiger charge is 2.11. The van der Waals surface area contributed by atoms with Crippen molar-refractivity contribution in [2.45, 2.75) is 12.1 Å². The van der Waals surface area contributed by atoms with Crippen molar-refractivity contribution >= 4 is 23.4 Å². The first-order valence-corrected chi connectivity index (χ1v) is 7.14. The monoisotopic (exact) mass is 291 g/mol. The number of carboxylic acid groups (broad SMARTS) is 1. The number of aromatic nitrogens is 2. The minimum atomic E-state index is -0.842. The number of hydrogen-bond donors (Lipinski definition) is 1. The van der Waals surface area contributed by atoms with Crippen LogP contribution in [-0.2, 0) is 4.79 Å². The van der Waals surface area contributed by atoms with Gasteiger partial charge in [0.15, 0.2) is 5.16 Å². The predicted molar refractivity (Wildman–Crippen MR) is 81.0 cm³/mol. The van der Waals surface area contributed by atoms with Crippen LogP contribution in [-0.4, -0.2) is 40.5 Å². The van der Waals surface area contributed by atoms with Gasteiger partial charge in [-0.2, -0.15) is 0 Å². The van der Waals surface area contributed by atoms with Crippen molar-refractivity contribution in [3.63, 3.8) is 0 Å². The molecule has 106 valence electrons. The van der Waals surface area contributed by atoms with Crippen molar-refractivity contribution in [3.8, 4) is 5.69 Å². The molecule has 1 N–H and O–H groups in total. The molecule has 1 heterocycles. The SMILES string of the molecule is Cc1cnc(SCC(=O)O)n1-c1ccc(N(C)C)cc1. The van der Waals surface area contributed by atoms with Crippen molar-refractivity contribution in [2.24, 2.45) is 0 Å². The van der Waals surface area contributed by atoms with Gasteiger partial charge in [0.05, 0.1) is 5.75 Å². The Kier molecular flexibility index (Phi) is 4.34.